The molecule has 1 saturated heterocycles. The first-order chi connectivity index (χ1) is 23.8. The second-order valence-electron chi connectivity index (χ2n) is 13.9. The fourth-order valence-corrected chi connectivity index (χ4v) is 6.57. The number of likely N-dealkylation sites (N-methyl/N-ethyl adjacent to an activating group) is 1. The van der Waals surface area contributed by atoms with Gasteiger partial charge in [-0.15, -0.1) is 0 Å². The third-order valence-electron chi connectivity index (χ3n) is 9.64. The molecular formula is C38H57NO11. The first-order valence-electron chi connectivity index (χ1n) is 17.5. The van der Waals surface area contributed by atoms with Crippen LogP contribution in [0.2, 0.25) is 0 Å². The van der Waals surface area contributed by atoms with Crippen LogP contribution >= 0.6 is 0 Å². The fraction of sp³-hybridized carbons (Fsp3) is 0.658. The molecule has 1 aromatic rings. The van der Waals surface area contributed by atoms with Crippen molar-refractivity contribution in [1.82, 2.24) is 4.90 Å². The Morgan fingerprint density at radius 1 is 1.00 bits per heavy atom. The van der Waals surface area contributed by atoms with Crippen LogP contribution in [0.1, 0.15) is 59.4 Å². The zero-order valence-electron chi connectivity index (χ0n) is 30.4. The molecule has 0 radical (unpaired) electrons. The Kier molecular flexibility index (Phi) is 16.9. The molecule has 12 nitrogen and oxygen atoms in total. The third-order valence-corrected chi connectivity index (χ3v) is 9.64. The fourth-order valence-electron chi connectivity index (χ4n) is 6.57. The lowest BCUT2D eigenvalue weighted by Crippen LogP contribution is -2.63. The number of carbonyl (C=O) groups excluding carboxylic acids is 3. The second kappa shape index (κ2) is 20.3. The van der Waals surface area contributed by atoms with Gasteiger partial charge in [-0.1, -0.05) is 68.8 Å². The first-order valence-corrected chi connectivity index (χ1v) is 17.5. The number of benzene rings is 1. The van der Waals surface area contributed by atoms with Crippen molar-refractivity contribution in [2.75, 3.05) is 27.5 Å². The lowest BCUT2D eigenvalue weighted by atomic mass is 9.81. The SMILES string of the molecule is CC[C@H]1OC(=O)C[C@@H](O)[C@H](C)[C@@H](O[C@@H]2O[C@H](C)[C@@H](O)[C@H](N(C)C)[C@H]2O)C(C=O)C[C@@H](C)C(=O)/C=C\C(C)=C\[C@@H]1COCOCc1ccccc1. The van der Waals surface area contributed by atoms with Crippen molar-refractivity contribution < 1.29 is 53.4 Å². The molecule has 0 aliphatic carbocycles. The van der Waals surface area contributed by atoms with Gasteiger partial charge in [0, 0.05) is 23.7 Å². The monoisotopic (exact) mass is 703 g/mol. The molecule has 3 N–H and O–H groups in total. The van der Waals surface area contributed by atoms with E-state index in [9.17, 15) is 29.7 Å². The molecule has 2 aliphatic heterocycles. The van der Waals surface area contributed by atoms with E-state index < -0.39 is 79.1 Å². The molecule has 12 heteroatoms. The van der Waals surface area contributed by atoms with Gasteiger partial charge in [-0.05, 0) is 52.4 Å². The minimum Gasteiger partial charge on any atom is -0.462 e. The summed E-state index contributed by atoms with van der Waals surface area (Å²) in [5, 5.41) is 33.2. The Hall–Kier alpha value is -2.81. The Balaban J connectivity index is 1.85. The van der Waals surface area contributed by atoms with E-state index in [1.54, 1.807) is 45.8 Å². The molecule has 280 valence electrons. The van der Waals surface area contributed by atoms with Crippen molar-refractivity contribution in [1.29, 1.82) is 0 Å². The molecule has 0 bridgehead atoms. The van der Waals surface area contributed by atoms with Gasteiger partial charge in [0.05, 0.1) is 50.1 Å². The molecule has 1 unspecified atom stereocenters. The van der Waals surface area contributed by atoms with Crippen LogP contribution in [0.25, 0.3) is 0 Å². The minimum absolute atomic E-state index is 0.0243. The molecule has 0 spiro atoms. The summed E-state index contributed by atoms with van der Waals surface area (Å²) in [4.78, 5) is 40.9. The van der Waals surface area contributed by atoms with Gasteiger partial charge in [0.2, 0.25) is 0 Å². The van der Waals surface area contributed by atoms with E-state index in [4.69, 9.17) is 23.7 Å². The number of aliphatic hydroxyl groups excluding tert-OH is 3. The molecule has 1 fully saturated rings. The number of aliphatic hydroxyl groups is 3. The largest absolute Gasteiger partial charge is 0.462 e. The average molecular weight is 704 g/mol. The standard InChI is InChI=1S/C38H57NO11/c1-8-32-29(21-47-22-46-20-27-12-10-9-11-13-27)16-23(2)14-15-30(41)24(3)17-28(19-40)37(25(4)31(42)18-33(43)49-32)50-38-36(45)34(39(6)7)35(44)26(5)48-38/h9-16,19,24-26,28-29,31-32,34-38,42,44-45H,8,17-18,20-22H2,1-7H3/b15-14-,23-16+/t24-,25+,26-,28?,29-,31-,32-,34+,35-,36-,37-,38+/m1/s1. The maximum Gasteiger partial charge on any atom is 0.308 e. The number of cyclic esters (lactones) is 1. The number of allylic oxidation sites excluding steroid dienone is 3. The normalized spacial score (nSPS) is 36.7. The molecule has 2 aliphatic rings. The van der Waals surface area contributed by atoms with E-state index in [-0.39, 0.29) is 31.5 Å². The Bertz CT molecular complexity index is 1270. The molecular weight excluding hydrogens is 646 g/mol. The molecule has 2 heterocycles. The van der Waals surface area contributed by atoms with E-state index in [1.807, 2.05) is 50.3 Å². The molecule has 50 heavy (non-hydrogen) atoms. The van der Waals surface area contributed by atoms with Gasteiger partial charge in [-0.2, -0.15) is 0 Å². The highest BCUT2D eigenvalue weighted by atomic mass is 16.7. The number of ether oxygens (including phenoxy) is 5. The van der Waals surface area contributed by atoms with Gasteiger partial charge >= 0.3 is 5.97 Å². The highest BCUT2D eigenvalue weighted by Gasteiger charge is 2.47. The van der Waals surface area contributed by atoms with Gasteiger partial charge in [0.15, 0.2) is 12.1 Å². The van der Waals surface area contributed by atoms with Crippen LogP contribution in [0.5, 0.6) is 0 Å². The van der Waals surface area contributed by atoms with Crippen molar-refractivity contribution in [2.45, 2.75) is 109 Å². The molecule has 0 amide bonds. The number of esters is 1. The molecule has 0 saturated carbocycles. The van der Waals surface area contributed by atoms with E-state index in [0.717, 1.165) is 11.1 Å². The molecule has 3 rings (SSSR count). The predicted molar refractivity (Wildman–Crippen MR) is 185 cm³/mol. The lowest BCUT2D eigenvalue weighted by Gasteiger charge is -2.46. The smallest absolute Gasteiger partial charge is 0.308 e. The van der Waals surface area contributed by atoms with E-state index >= 15 is 0 Å². The van der Waals surface area contributed by atoms with Crippen LogP contribution in [0.3, 0.4) is 0 Å². The van der Waals surface area contributed by atoms with Crippen LogP contribution in [-0.2, 0) is 44.7 Å². The second-order valence-corrected chi connectivity index (χ2v) is 13.9. The number of aldehydes is 1. The summed E-state index contributed by atoms with van der Waals surface area (Å²) in [6.45, 7) is 9.30. The summed E-state index contributed by atoms with van der Waals surface area (Å²) in [5.41, 5.74) is 1.76. The topological polar surface area (TPSA) is 161 Å². The maximum atomic E-state index is 13.3. The highest BCUT2D eigenvalue weighted by Crippen LogP contribution is 2.32. The van der Waals surface area contributed by atoms with E-state index in [1.165, 1.54) is 6.08 Å². The maximum absolute atomic E-state index is 13.3. The number of nitrogens with zero attached hydrogens (tertiary/aromatic N) is 1. The van der Waals surface area contributed by atoms with Gasteiger partial charge < -0.3 is 48.7 Å². The van der Waals surface area contributed by atoms with Gasteiger partial charge in [0.1, 0.15) is 25.3 Å². The average Bonchev–Trinajstić information content (AvgIpc) is 3.08. The summed E-state index contributed by atoms with van der Waals surface area (Å²) in [6.07, 6.45) is -1.41. The molecule has 0 aromatic heterocycles. The van der Waals surface area contributed by atoms with Crippen LogP contribution in [0.4, 0.5) is 0 Å². The number of ketones is 1. The van der Waals surface area contributed by atoms with Crippen molar-refractivity contribution in [3.63, 3.8) is 0 Å². The third kappa shape index (κ3) is 11.9. The van der Waals surface area contributed by atoms with Crippen LogP contribution in [-0.4, -0.2) is 115 Å². The Morgan fingerprint density at radius 2 is 1.70 bits per heavy atom. The zero-order valence-corrected chi connectivity index (χ0v) is 30.4. The van der Waals surface area contributed by atoms with Crippen LogP contribution < -0.4 is 0 Å². The molecule has 12 atom stereocenters. The van der Waals surface area contributed by atoms with Gasteiger partial charge in [-0.3, -0.25) is 9.59 Å². The molecule has 1 aromatic carbocycles. The van der Waals surface area contributed by atoms with E-state index in [0.29, 0.717) is 19.3 Å². The van der Waals surface area contributed by atoms with Crippen molar-refractivity contribution in [2.24, 2.45) is 23.7 Å². The number of hydrogen-bond acceptors (Lipinski definition) is 12. The van der Waals surface area contributed by atoms with Crippen molar-refractivity contribution in [3.8, 4) is 0 Å². The number of rotatable bonds is 11. The quantitative estimate of drug-likeness (QED) is 0.134. The summed E-state index contributed by atoms with van der Waals surface area (Å²) >= 11 is 0. The predicted octanol–water partition coefficient (Wildman–Crippen LogP) is 3.21. The minimum atomic E-state index is -1.31. The van der Waals surface area contributed by atoms with Crippen LogP contribution in [0.15, 0.2) is 54.1 Å². The lowest BCUT2D eigenvalue weighted by molar-refractivity contribution is -0.302. The van der Waals surface area contributed by atoms with Crippen LogP contribution in [0, 0.1) is 23.7 Å². The van der Waals surface area contributed by atoms with Gasteiger partial charge in [0.25, 0.3) is 0 Å². The highest BCUT2D eigenvalue weighted by molar-refractivity contribution is 5.92. The summed E-state index contributed by atoms with van der Waals surface area (Å²) in [6, 6.07) is 8.96. The van der Waals surface area contributed by atoms with Crippen molar-refractivity contribution >= 4 is 18.0 Å². The Morgan fingerprint density at radius 3 is 2.34 bits per heavy atom. The summed E-state index contributed by atoms with van der Waals surface area (Å²) in [5.74, 6) is -3.56. The number of carbonyl (C=O) groups is 3. The summed E-state index contributed by atoms with van der Waals surface area (Å²) in [7, 11) is 3.42. The number of hydrogen-bond donors (Lipinski definition) is 3. The Labute approximate surface area is 296 Å². The van der Waals surface area contributed by atoms with Crippen molar-refractivity contribution in [3.05, 3.63) is 59.7 Å². The summed E-state index contributed by atoms with van der Waals surface area (Å²) < 4.78 is 29.6. The zero-order chi connectivity index (χ0) is 37.0. The van der Waals surface area contributed by atoms with Gasteiger partial charge in [-0.25, -0.2) is 0 Å². The first kappa shape index (κ1) is 41.6. The van der Waals surface area contributed by atoms with E-state index in [2.05, 4.69) is 0 Å².